The Morgan fingerprint density at radius 2 is 1.89 bits per heavy atom. The zero-order valence-corrected chi connectivity index (χ0v) is 17.2. The zero-order chi connectivity index (χ0) is 19.8. The number of aryl methyl sites for hydroxylation is 1. The summed E-state index contributed by atoms with van der Waals surface area (Å²) in [7, 11) is 1.64. The number of thiophene rings is 1. The number of ether oxygens (including phenoxy) is 1. The number of amides is 1. The van der Waals surface area contributed by atoms with Gasteiger partial charge in [-0.2, -0.15) is 0 Å². The number of hydrogen-bond donors (Lipinski definition) is 2. The third-order valence-corrected chi connectivity index (χ3v) is 5.76. The molecule has 1 atom stereocenters. The molecule has 2 aromatic carbocycles. The lowest BCUT2D eigenvalue weighted by Crippen LogP contribution is -2.87. The summed E-state index contributed by atoms with van der Waals surface area (Å²) in [6, 6.07) is 20.7. The molecule has 0 saturated heterocycles. The molecule has 3 aromatic rings. The highest BCUT2D eigenvalue weighted by atomic mass is 32.1. The van der Waals surface area contributed by atoms with Crippen LogP contribution in [0.5, 0.6) is 5.75 Å². The van der Waals surface area contributed by atoms with E-state index < -0.39 is 0 Å². The lowest BCUT2D eigenvalue weighted by molar-refractivity contribution is -0.676. The number of carbonyl (C=O) groups excluding carboxylic acids is 1. The van der Waals surface area contributed by atoms with Gasteiger partial charge in [-0.15, -0.1) is 11.3 Å². The van der Waals surface area contributed by atoms with Crippen molar-refractivity contribution in [2.75, 3.05) is 13.7 Å². The molecule has 0 spiro atoms. The predicted octanol–water partition coefficient (Wildman–Crippen LogP) is 3.29. The van der Waals surface area contributed by atoms with Crippen molar-refractivity contribution in [2.24, 2.45) is 0 Å². The Morgan fingerprint density at radius 1 is 1.11 bits per heavy atom. The maximum atomic E-state index is 12.4. The average Bonchev–Trinajstić information content (AvgIpc) is 3.27. The van der Waals surface area contributed by atoms with Gasteiger partial charge in [-0.3, -0.25) is 4.79 Å². The molecule has 1 heterocycles. The first-order valence-corrected chi connectivity index (χ1v) is 10.4. The molecule has 3 N–H and O–H groups in total. The standard InChI is InChI=1S/C23H26N2O2S/c1-3-17-10-12-18(13-11-17)23(21-9-6-14-28-21)25-16-22(26)24-15-19-7-4-5-8-20(19)27-2/h4-14,23,25H,3,15-16H2,1-2H3,(H,24,26)/p+1/t23-/m1/s1. The molecule has 0 bridgehead atoms. The van der Waals surface area contributed by atoms with Gasteiger partial charge in [-0.1, -0.05) is 55.5 Å². The molecule has 28 heavy (non-hydrogen) atoms. The van der Waals surface area contributed by atoms with Crippen LogP contribution < -0.4 is 15.4 Å². The van der Waals surface area contributed by atoms with Crippen molar-refractivity contribution in [1.29, 1.82) is 0 Å². The van der Waals surface area contributed by atoms with E-state index >= 15 is 0 Å². The van der Waals surface area contributed by atoms with E-state index in [0.717, 1.165) is 17.7 Å². The summed E-state index contributed by atoms with van der Waals surface area (Å²) in [5.41, 5.74) is 3.52. The molecule has 1 aromatic heterocycles. The first-order chi connectivity index (χ1) is 13.7. The van der Waals surface area contributed by atoms with Crippen LogP contribution in [0.3, 0.4) is 0 Å². The highest BCUT2D eigenvalue weighted by molar-refractivity contribution is 7.10. The number of benzene rings is 2. The summed E-state index contributed by atoms with van der Waals surface area (Å²) in [4.78, 5) is 13.7. The van der Waals surface area contributed by atoms with Gasteiger partial charge in [0, 0.05) is 17.7 Å². The molecule has 4 nitrogen and oxygen atoms in total. The number of hydrogen-bond acceptors (Lipinski definition) is 3. The molecule has 5 heteroatoms. The normalized spacial score (nSPS) is 11.8. The van der Waals surface area contributed by atoms with Gasteiger partial charge in [0.05, 0.1) is 12.0 Å². The Balaban J connectivity index is 1.62. The van der Waals surface area contributed by atoms with Gasteiger partial charge in [-0.25, -0.2) is 0 Å². The molecular formula is C23H27N2O2S+. The fourth-order valence-corrected chi connectivity index (χ4v) is 4.04. The number of carbonyl (C=O) groups is 1. The SMILES string of the molecule is CCc1ccc([C@@H]([NH2+]CC(=O)NCc2ccccc2OC)c2cccs2)cc1. The molecule has 0 unspecified atom stereocenters. The van der Waals surface area contributed by atoms with Crippen LogP contribution in [0.2, 0.25) is 0 Å². The van der Waals surface area contributed by atoms with Gasteiger partial charge in [0.1, 0.15) is 11.8 Å². The Morgan fingerprint density at radius 3 is 2.57 bits per heavy atom. The monoisotopic (exact) mass is 395 g/mol. The summed E-state index contributed by atoms with van der Waals surface area (Å²) < 4.78 is 5.34. The number of methoxy groups -OCH3 is 1. The highest BCUT2D eigenvalue weighted by Crippen LogP contribution is 2.23. The fraction of sp³-hybridized carbons (Fsp3) is 0.261. The van der Waals surface area contributed by atoms with Crippen LogP contribution in [0.4, 0.5) is 0 Å². The Kier molecular flexibility index (Phi) is 7.23. The van der Waals surface area contributed by atoms with E-state index in [1.165, 1.54) is 16.0 Å². The van der Waals surface area contributed by atoms with Crippen molar-refractivity contribution in [1.82, 2.24) is 5.32 Å². The minimum atomic E-state index is 0.0117. The third-order valence-electron chi connectivity index (χ3n) is 4.80. The number of para-hydroxylation sites is 1. The van der Waals surface area contributed by atoms with Gasteiger partial charge in [0.15, 0.2) is 6.54 Å². The Labute approximate surface area is 170 Å². The minimum Gasteiger partial charge on any atom is -0.496 e. The van der Waals surface area contributed by atoms with E-state index in [0.29, 0.717) is 13.1 Å². The van der Waals surface area contributed by atoms with E-state index in [1.54, 1.807) is 18.4 Å². The molecule has 0 fully saturated rings. The first-order valence-electron chi connectivity index (χ1n) is 9.55. The molecule has 0 aliphatic rings. The maximum Gasteiger partial charge on any atom is 0.275 e. The summed E-state index contributed by atoms with van der Waals surface area (Å²) in [5, 5.41) is 7.18. The summed E-state index contributed by atoms with van der Waals surface area (Å²) in [6.45, 7) is 2.99. The van der Waals surface area contributed by atoms with E-state index in [-0.39, 0.29) is 11.9 Å². The van der Waals surface area contributed by atoms with Crippen molar-refractivity contribution in [3.8, 4) is 5.75 Å². The zero-order valence-electron chi connectivity index (χ0n) is 16.4. The van der Waals surface area contributed by atoms with E-state index in [9.17, 15) is 4.79 Å². The van der Waals surface area contributed by atoms with E-state index in [4.69, 9.17) is 4.74 Å². The van der Waals surface area contributed by atoms with Crippen LogP contribution >= 0.6 is 11.3 Å². The lowest BCUT2D eigenvalue weighted by Gasteiger charge is -2.15. The number of quaternary nitrogens is 1. The molecule has 0 aliphatic carbocycles. The number of nitrogens with one attached hydrogen (secondary N) is 1. The average molecular weight is 396 g/mol. The van der Waals surface area contributed by atoms with Crippen LogP contribution in [0.1, 0.15) is 34.5 Å². The highest BCUT2D eigenvalue weighted by Gasteiger charge is 2.20. The Bertz CT molecular complexity index is 876. The number of nitrogens with two attached hydrogens (primary N) is 1. The molecule has 0 radical (unpaired) electrons. The quantitative estimate of drug-likeness (QED) is 0.584. The minimum absolute atomic E-state index is 0.0117. The van der Waals surface area contributed by atoms with Gasteiger partial charge in [0.2, 0.25) is 0 Å². The summed E-state index contributed by atoms with van der Waals surface area (Å²) in [5.74, 6) is 0.803. The maximum absolute atomic E-state index is 12.4. The topological polar surface area (TPSA) is 54.9 Å². The van der Waals surface area contributed by atoms with E-state index in [2.05, 4.69) is 59.3 Å². The van der Waals surface area contributed by atoms with Crippen LogP contribution in [0, 0.1) is 0 Å². The smallest absolute Gasteiger partial charge is 0.275 e. The Hall–Kier alpha value is -2.63. The fourth-order valence-electron chi connectivity index (χ4n) is 3.19. The molecule has 0 saturated carbocycles. The number of rotatable bonds is 9. The largest absolute Gasteiger partial charge is 0.496 e. The molecule has 0 aliphatic heterocycles. The van der Waals surface area contributed by atoms with Crippen molar-refractivity contribution in [3.63, 3.8) is 0 Å². The second-order valence-corrected chi connectivity index (χ2v) is 7.60. The molecule has 146 valence electrons. The van der Waals surface area contributed by atoms with Crippen molar-refractivity contribution in [2.45, 2.75) is 25.9 Å². The van der Waals surface area contributed by atoms with Crippen LogP contribution in [0.25, 0.3) is 0 Å². The van der Waals surface area contributed by atoms with Crippen LogP contribution in [-0.4, -0.2) is 19.6 Å². The molecular weight excluding hydrogens is 368 g/mol. The first kappa shape index (κ1) is 20.1. The van der Waals surface area contributed by atoms with Crippen molar-refractivity contribution >= 4 is 17.2 Å². The van der Waals surface area contributed by atoms with Crippen molar-refractivity contribution in [3.05, 3.63) is 87.6 Å². The molecule has 3 rings (SSSR count). The third kappa shape index (κ3) is 5.21. The van der Waals surface area contributed by atoms with Gasteiger partial charge in [0.25, 0.3) is 5.91 Å². The van der Waals surface area contributed by atoms with Crippen molar-refractivity contribution < 1.29 is 14.8 Å². The lowest BCUT2D eigenvalue weighted by atomic mass is 10.0. The van der Waals surface area contributed by atoms with Gasteiger partial charge >= 0.3 is 0 Å². The molecule has 1 amide bonds. The van der Waals surface area contributed by atoms with Gasteiger partial charge in [-0.05, 0) is 29.5 Å². The van der Waals surface area contributed by atoms with E-state index in [1.807, 2.05) is 24.3 Å². The van der Waals surface area contributed by atoms with Crippen LogP contribution in [0.15, 0.2) is 66.0 Å². The second-order valence-electron chi connectivity index (χ2n) is 6.62. The van der Waals surface area contributed by atoms with Crippen LogP contribution in [-0.2, 0) is 17.8 Å². The summed E-state index contributed by atoms with van der Waals surface area (Å²) in [6.07, 6.45) is 1.03. The van der Waals surface area contributed by atoms with Gasteiger partial charge < -0.3 is 15.4 Å². The summed E-state index contributed by atoms with van der Waals surface area (Å²) >= 11 is 1.72. The predicted molar refractivity (Wildman–Crippen MR) is 114 cm³/mol. The second kappa shape index (κ2) is 10.1.